The molecule has 0 spiro atoms. The first kappa shape index (κ1) is 25.1. The van der Waals surface area contributed by atoms with Crippen LogP contribution in [-0.4, -0.2) is 64.4 Å². The van der Waals surface area contributed by atoms with Crippen molar-refractivity contribution in [3.63, 3.8) is 0 Å². The molecule has 5 rings (SSSR count). The van der Waals surface area contributed by atoms with Gasteiger partial charge in [-0.1, -0.05) is 23.7 Å². The lowest BCUT2D eigenvalue weighted by atomic mass is 10.0. The van der Waals surface area contributed by atoms with Crippen LogP contribution in [0.15, 0.2) is 55.0 Å². The first-order valence-electron chi connectivity index (χ1n) is 11.6. The summed E-state index contributed by atoms with van der Waals surface area (Å²) in [4.78, 5) is 25.2. The number of aromatic nitrogens is 3. The van der Waals surface area contributed by atoms with E-state index in [9.17, 15) is 14.3 Å². The summed E-state index contributed by atoms with van der Waals surface area (Å²) < 4.78 is 30.8. The van der Waals surface area contributed by atoms with E-state index >= 15 is 0 Å². The maximum absolute atomic E-state index is 13.9. The fourth-order valence-corrected chi connectivity index (χ4v) is 4.59. The number of anilines is 1. The number of carbonyl (C=O) groups is 1. The predicted octanol–water partition coefficient (Wildman–Crippen LogP) is 4.35. The summed E-state index contributed by atoms with van der Waals surface area (Å²) in [7, 11) is 1.60. The summed E-state index contributed by atoms with van der Waals surface area (Å²) in [6.45, 7) is 0.198. The van der Waals surface area contributed by atoms with Crippen molar-refractivity contribution in [3.05, 3.63) is 77.0 Å². The number of ether oxygens (including phenoxy) is 3. The van der Waals surface area contributed by atoms with Crippen LogP contribution in [0.1, 0.15) is 22.3 Å². The zero-order chi connectivity index (χ0) is 25.9. The minimum absolute atomic E-state index is 0.0495. The zero-order valence-corrected chi connectivity index (χ0v) is 20.5. The number of halogens is 2. The molecule has 3 N–H and O–H groups in total. The molecule has 1 aliphatic rings. The minimum Gasteiger partial charge on any atom is -0.454 e. The van der Waals surface area contributed by atoms with E-state index in [2.05, 4.69) is 20.3 Å². The first-order chi connectivity index (χ1) is 18.0. The molecule has 4 aromatic rings. The highest BCUT2D eigenvalue weighted by Gasteiger charge is 2.32. The largest absolute Gasteiger partial charge is 0.454 e. The van der Waals surface area contributed by atoms with Gasteiger partial charge >= 0.3 is 0 Å². The van der Waals surface area contributed by atoms with Crippen LogP contribution in [0.4, 0.5) is 10.2 Å². The molecule has 3 atom stereocenters. The van der Waals surface area contributed by atoms with Crippen molar-refractivity contribution in [1.29, 1.82) is 0 Å². The monoisotopic (exact) mass is 526 g/mol. The van der Waals surface area contributed by atoms with Crippen molar-refractivity contribution in [3.8, 4) is 11.5 Å². The summed E-state index contributed by atoms with van der Waals surface area (Å²) in [5.74, 6) is -0.0872. The molecule has 0 saturated carbocycles. The van der Waals surface area contributed by atoms with Crippen LogP contribution in [0.3, 0.4) is 0 Å². The number of nitrogens with zero attached hydrogens (tertiary/aromatic N) is 2. The number of aromatic amines is 1. The fraction of sp³-hybridized carbons (Fsp3) is 0.269. The van der Waals surface area contributed by atoms with Gasteiger partial charge in [0.2, 0.25) is 0 Å². The Kier molecular flexibility index (Phi) is 7.33. The van der Waals surface area contributed by atoms with Crippen molar-refractivity contribution < 1.29 is 28.5 Å². The number of hydrogen-bond donors (Lipinski definition) is 3. The highest BCUT2D eigenvalue weighted by Crippen LogP contribution is 2.32. The van der Waals surface area contributed by atoms with E-state index in [0.29, 0.717) is 34.6 Å². The van der Waals surface area contributed by atoms with Gasteiger partial charge in [0, 0.05) is 31.4 Å². The molecule has 0 amide bonds. The van der Waals surface area contributed by atoms with E-state index in [0.717, 1.165) is 0 Å². The van der Waals surface area contributed by atoms with Gasteiger partial charge in [0.25, 0.3) is 0 Å². The SMILES string of the molecule is COC1CC(CO)OCC1Nc1ncnc2[nH]cc(C(=O)c3ccc(Oc4ccccc4F)cc3Cl)c12. The van der Waals surface area contributed by atoms with Gasteiger partial charge in [0.1, 0.15) is 23.5 Å². The molecular formula is C26H24ClFN4O5. The van der Waals surface area contributed by atoms with Gasteiger partial charge in [-0.25, -0.2) is 14.4 Å². The maximum atomic E-state index is 13.9. The summed E-state index contributed by atoms with van der Waals surface area (Å²) >= 11 is 6.45. The number of fused-ring (bicyclic) bond motifs is 1. The molecule has 11 heteroatoms. The lowest BCUT2D eigenvalue weighted by Gasteiger charge is -2.35. The second-order valence-electron chi connectivity index (χ2n) is 8.55. The third-order valence-electron chi connectivity index (χ3n) is 6.25. The molecule has 3 unspecified atom stereocenters. The lowest BCUT2D eigenvalue weighted by molar-refractivity contribution is -0.0831. The third-order valence-corrected chi connectivity index (χ3v) is 6.56. The molecule has 37 heavy (non-hydrogen) atoms. The molecule has 9 nitrogen and oxygen atoms in total. The highest BCUT2D eigenvalue weighted by molar-refractivity contribution is 6.35. The molecule has 3 heterocycles. The van der Waals surface area contributed by atoms with Crippen LogP contribution in [0.25, 0.3) is 11.0 Å². The number of benzene rings is 2. The minimum atomic E-state index is -0.511. The third kappa shape index (κ3) is 5.14. The number of methoxy groups -OCH3 is 1. The van der Waals surface area contributed by atoms with Crippen LogP contribution in [0, 0.1) is 5.82 Å². The number of aliphatic hydroxyl groups excluding tert-OH is 1. The highest BCUT2D eigenvalue weighted by atomic mass is 35.5. The number of para-hydroxylation sites is 1. The number of rotatable bonds is 8. The first-order valence-corrected chi connectivity index (χ1v) is 12.0. The van der Waals surface area contributed by atoms with E-state index in [1.807, 2.05) is 0 Å². The Balaban J connectivity index is 1.42. The molecule has 2 aromatic carbocycles. The molecule has 0 radical (unpaired) electrons. The van der Waals surface area contributed by atoms with E-state index in [-0.39, 0.29) is 53.6 Å². The van der Waals surface area contributed by atoms with Crippen molar-refractivity contribution in [2.45, 2.75) is 24.7 Å². The second-order valence-corrected chi connectivity index (χ2v) is 8.96. The smallest absolute Gasteiger partial charge is 0.196 e. The number of hydrogen-bond acceptors (Lipinski definition) is 8. The molecule has 192 valence electrons. The topological polar surface area (TPSA) is 119 Å². The lowest BCUT2D eigenvalue weighted by Crippen LogP contribution is -2.47. The summed E-state index contributed by atoms with van der Waals surface area (Å²) in [6.07, 6.45) is 2.92. The molecular weight excluding hydrogens is 503 g/mol. The van der Waals surface area contributed by atoms with Crippen LogP contribution >= 0.6 is 11.6 Å². The Bertz CT molecular complexity index is 1430. The maximum Gasteiger partial charge on any atom is 0.196 e. The number of ketones is 1. The molecule has 0 bridgehead atoms. The van der Waals surface area contributed by atoms with Gasteiger partial charge in [-0.05, 0) is 24.3 Å². The predicted molar refractivity (Wildman–Crippen MR) is 135 cm³/mol. The van der Waals surface area contributed by atoms with Crippen LogP contribution in [0.5, 0.6) is 11.5 Å². The number of carbonyl (C=O) groups excluding carboxylic acids is 1. The van der Waals surface area contributed by atoms with Crippen molar-refractivity contribution in [2.24, 2.45) is 0 Å². The Hall–Kier alpha value is -3.57. The molecule has 1 aliphatic heterocycles. The Morgan fingerprint density at radius 2 is 2.11 bits per heavy atom. The summed E-state index contributed by atoms with van der Waals surface area (Å²) in [5.41, 5.74) is 1.02. The van der Waals surface area contributed by atoms with E-state index in [1.165, 1.54) is 30.6 Å². The summed E-state index contributed by atoms with van der Waals surface area (Å²) in [6, 6.07) is 10.3. The van der Waals surface area contributed by atoms with Gasteiger partial charge in [0.15, 0.2) is 17.3 Å². The van der Waals surface area contributed by atoms with E-state index < -0.39 is 5.82 Å². The van der Waals surface area contributed by atoms with E-state index in [1.54, 1.807) is 31.5 Å². The standard InChI is InChI=1S/C26H24ClFN4O5/c1-35-22-9-15(11-33)36-12-20(22)32-26-23-17(10-29-25(23)30-13-31-26)24(34)16-7-6-14(8-18(16)27)37-21-5-3-2-4-19(21)28/h2-8,10,13,15,20,22,33H,9,11-12H2,1H3,(H2,29,30,31,32). The van der Waals surface area contributed by atoms with Gasteiger partial charge in [0.05, 0.1) is 47.4 Å². The van der Waals surface area contributed by atoms with Crippen LogP contribution < -0.4 is 10.1 Å². The molecule has 2 aromatic heterocycles. The number of aliphatic hydroxyl groups is 1. The number of nitrogens with one attached hydrogen (secondary N) is 2. The molecule has 1 saturated heterocycles. The van der Waals surface area contributed by atoms with Crippen molar-refractivity contribution in [1.82, 2.24) is 15.0 Å². The Morgan fingerprint density at radius 3 is 2.86 bits per heavy atom. The van der Waals surface area contributed by atoms with Crippen LogP contribution in [-0.2, 0) is 9.47 Å². The van der Waals surface area contributed by atoms with Crippen LogP contribution in [0.2, 0.25) is 5.02 Å². The number of H-pyrrole nitrogens is 1. The molecule has 0 aliphatic carbocycles. The fourth-order valence-electron chi connectivity index (χ4n) is 4.33. The average Bonchev–Trinajstić information content (AvgIpc) is 3.35. The van der Waals surface area contributed by atoms with Crippen molar-refractivity contribution >= 4 is 34.2 Å². The van der Waals surface area contributed by atoms with Gasteiger partial charge in [-0.15, -0.1) is 0 Å². The normalized spacial score (nSPS) is 19.6. The van der Waals surface area contributed by atoms with Gasteiger partial charge < -0.3 is 29.6 Å². The Morgan fingerprint density at radius 1 is 1.27 bits per heavy atom. The molecule has 1 fully saturated rings. The zero-order valence-electron chi connectivity index (χ0n) is 19.8. The second kappa shape index (κ2) is 10.8. The van der Waals surface area contributed by atoms with E-state index in [4.69, 9.17) is 25.8 Å². The summed E-state index contributed by atoms with van der Waals surface area (Å²) in [5, 5.41) is 13.4. The van der Waals surface area contributed by atoms with Crippen molar-refractivity contribution in [2.75, 3.05) is 25.6 Å². The Labute approximate surface area is 216 Å². The quantitative estimate of drug-likeness (QED) is 0.290. The van der Waals surface area contributed by atoms with Gasteiger partial charge in [-0.2, -0.15) is 0 Å². The van der Waals surface area contributed by atoms with Gasteiger partial charge in [-0.3, -0.25) is 4.79 Å². The average molecular weight is 527 g/mol.